The first-order valence-corrected chi connectivity index (χ1v) is 14.3. The van der Waals surface area contributed by atoms with E-state index in [0.29, 0.717) is 27.5 Å². The van der Waals surface area contributed by atoms with Crippen molar-refractivity contribution < 1.29 is 8.42 Å². The Morgan fingerprint density at radius 2 is 1.67 bits per heavy atom. The average Bonchev–Trinajstić information content (AvgIpc) is 3.54. The molecule has 39 heavy (non-hydrogen) atoms. The van der Waals surface area contributed by atoms with Crippen LogP contribution in [0.1, 0.15) is 11.1 Å². The lowest BCUT2D eigenvalue weighted by atomic mass is 10.1. The van der Waals surface area contributed by atoms with Crippen LogP contribution in [-0.4, -0.2) is 26.5 Å². The molecule has 4 aromatic heterocycles. The van der Waals surface area contributed by atoms with Gasteiger partial charge >= 0.3 is 0 Å². The van der Waals surface area contributed by atoms with Gasteiger partial charge < -0.3 is 9.13 Å². The van der Waals surface area contributed by atoms with E-state index in [1.807, 2.05) is 29.8 Å². The summed E-state index contributed by atoms with van der Waals surface area (Å²) in [5.74, 6) is 0. The van der Waals surface area contributed by atoms with Crippen LogP contribution in [-0.2, 0) is 23.6 Å². The van der Waals surface area contributed by atoms with E-state index < -0.39 is 15.6 Å². The summed E-state index contributed by atoms with van der Waals surface area (Å²) in [6.45, 7) is 2.33. The Morgan fingerprint density at radius 1 is 0.949 bits per heavy atom. The Balaban J connectivity index is 1.51. The van der Waals surface area contributed by atoms with Crippen LogP contribution in [0.5, 0.6) is 0 Å². The van der Waals surface area contributed by atoms with E-state index >= 15 is 0 Å². The first-order chi connectivity index (χ1) is 18.6. The van der Waals surface area contributed by atoms with Crippen LogP contribution in [0.2, 0.25) is 10.0 Å². The topological polar surface area (TPSA) is 78.9 Å². The highest BCUT2D eigenvalue weighted by Gasteiger charge is 2.23. The van der Waals surface area contributed by atoms with Gasteiger partial charge in [0.1, 0.15) is 5.52 Å². The van der Waals surface area contributed by atoms with E-state index in [4.69, 9.17) is 23.2 Å². The normalized spacial score (nSPS) is 12.0. The molecular weight excluding hydrogens is 555 g/mol. The molecule has 0 radical (unpaired) electrons. The van der Waals surface area contributed by atoms with E-state index in [0.717, 1.165) is 31.7 Å². The Hall–Kier alpha value is -3.85. The lowest BCUT2D eigenvalue weighted by Crippen LogP contribution is -2.22. The van der Waals surface area contributed by atoms with Crippen molar-refractivity contribution in [3.05, 3.63) is 117 Å². The van der Waals surface area contributed by atoms with Gasteiger partial charge in [-0.2, -0.15) is 0 Å². The second-order valence-electron chi connectivity index (χ2n) is 9.42. The Kier molecular flexibility index (Phi) is 6.14. The maximum absolute atomic E-state index is 13.5. The molecule has 0 saturated carbocycles. The Labute approximate surface area is 234 Å². The highest BCUT2D eigenvalue weighted by atomic mass is 35.5. The van der Waals surface area contributed by atoms with Crippen LogP contribution in [0.4, 0.5) is 0 Å². The predicted octanol–water partition coefficient (Wildman–Crippen LogP) is 6.26. The number of benzene rings is 2. The molecule has 0 unspecified atom stereocenters. The third-order valence-corrected chi connectivity index (χ3v) is 9.28. The highest BCUT2D eigenvalue weighted by Crippen LogP contribution is 2.32. The van der Waals surface area contributed by atoms with Gasteiger partial charge in [-0.1, -0.05) is 47.0 Å². The van der Waals surface area contributed by atoms with Crippen molar-refractivity contribution >= 4 is 55.2 Å². The lowest BCUT2D eigenvalue weighted by Gasteiger charge is -2.12. The Bertz CT molecular complexity index is 2050. The molecule has 0 aliphatic heterocycles. The molecule has 0 saturated heterocycles. The van der Waals surface area contributed by atoms with Crippen LogP contribution in [0.15, 0.2) is 95.1 Å². The van der Waals surface area contributed by atoms with Crippen molar-refractivity contribution in [2.24, 2.45) is 7.05 Å². The van der Waals surface area contributed by atoms with E-state index in [2.05, 4.69) is 4.98 Å². The summed E-state index contributed by atoms with van der Waals surface area (Å²) in [7, 11) is -2.39. The van der Waals surface area contributed by atoms with Crippen LogP contribution in [0.25, 0.3) is 33.1 Å². The van der Waals surface area contributed by atoms with Crippen molar-refractivity contribution in [1.29, 1.82) is 0 Å². The number of halogens is 2. The van der Waals surface area contributed by atoms with Gasteiger partial charge in [0, 0.05) is 64.0 Å². The van der Waals surface area contributed by atoms with Gasteiger partial charge in [-0.05, 0) is 49.4 Å². The molecule has 0 aliphatic carbocycles. The van der Waals surface area contributed by atoms with Crippen LogP contribution in [0, 0.1) is 6.92 Å². The minimum atomic E-state index is -3.99. The molecule has 4 heterocycles. The maximum Gasteiger partial charge on any atom is 0.275 e. The summed E-state index contributed by atoms with van der Waals surface area (Å²) in [6.07, 6.45) is 6.77. The minimum Gasteiger partial charge on any atom is -0.342 e. The summed E-state index contributed by atoms with van der Waals surface area (Å²) in [5.41, 5.74) is 4.44. The van der Waals surface area contributed by atoms with Gasteiger partial charge in [0.2, 0.25) is 0 Å². The summed E-state index contributed by atoms with van der Waals surface area (Å²) >= 11 is 12.8. The highest BCUT2D eigenvalue weighted by molar-refractivity contribution is 7.90. The molecule has 0 aliphatic rings. The zero-order valence-corrected chi connectivity index (χ0v) is 23.3. The van der Waals surface area contributed by atoms with Gasteiger partial charge in [-0.3, -0.25) is 9.78 Å². The zero-order chi connectivity index (χ0) is 27.5. The third-order valence-electron chi connectivity index (χ3n) is 6.89. The molecule has 196 valence electrons. The maximum atomic E-state index is 13.5. The van der Waals surface area contributed by atoms with E-state index in [1.54, 1.807) is 68.0 Å². The monoisotopic (exact) mass is 576 g/mol. The van der Waals surface area contributed by atoms with Crippen LogP contribution >= 0.6 is 23.2 Å². The fourth-order valence-electron chi connectivity index (χ4n) is 4.79. The summed E-state index contributed by atoms with van der Waals surface area (Å²) in [6, 6.07) is 17.5. The predicted molar refractivity (Wildman–Crippen MR) is 155 cm³/mol. The van der Waals surface area contributed by atoms with Crippen molar-refractivity contribution in [2.75, 3.05) is 0 Å². The van der Waals surface area contributed by atoms with Gasteiger partial charge in [0.15, 0.2) is 0 Å². The molecule has 6 rings (SSSR count). The van der Waals surface area contributed by atoms with E-state index in [-0.39, 0.29) is 10.4 Å². The summed E-state index contributed by atoms with van der Waals surface area (Å²) in [4.78, 5) is 18.0. The van der Waals surface area contributed by atoms with Crippen molar-refractivity contribution in [2.45, 2.75) is 18.4 Å². The molecule has 0 atom stereocenters. The molecule has 2 aromatic carbocycles. The summed E-state index contributed by atoms with van der Waals surface area (Å²) in [5, 5.41) is 1.66. The molecular formula is C29H22Cl2N4O3S. The third kappa shape index (κ3) is 4.25. The number of rotatable bonds is 5. The number of nitrogens with zero attached hydrogens (tertiary/aromatic N) is 4. The fourth-order valence-corrected chi connectivity index (χ4v) is 6.65. The molecule has 7 nitrogen and oxygen atoms in total. The van der Waals surface area contributed by atoms with Crippen molar-refractivity contribution in [1.82, 2.24) is 18.1 Å². The van der Waals surface area contributed by atoms with E-state index in [9.17, 15) is 13.2 Å². The minimum absolute atomic E-state index is 0.0777. The van der Waals surface area contributed by atoms with Gasteiger partial charge in [-0.25, -0.2) is 12.4 Å². The number of fused-ring (bicyclic) bond motifs is 2. The second kappa shape index (κ2) is 9.41. The van der Waals surface area contributed by atoms with Crippen molar-refractivity contribution in [3.8, 4) is 11.1 Å². The number of hydrogen-bond donors (Lipinski definition) is 0. The lowest BCUT2D eigenvalue weighted by molar-refractivity contribution is 0.589. The van der Waals surface area contributed by atoms with Gasteiger partial charge in [0.25, 0.3) is 15.6 Å². The standard InChI is InChI=1S/C29H22Cl2N4O3S/c1-18-6-8-20(9-7-18)39(37,38)35-13-10-21-22(16-33(2)29(36)28(21)35)19-14-27-26(32-15-19)11-12-34(27)17-23-24(30)4-3-5-25(23)31/h3-16H,17H2,1-2H3. The first kappa shape index (κ1) is 25.4. The number of aromatic nitrogens is 4. The fraction of sp³-hybridized carbons (Fsp3) is 0.103. The molecule has 0 amide bonds. The molecule has 10 heteroatoms. The smallest absolute Gasteiger partial charge is 0.275 e. The molecule has 0 fully saturated rings. The Morgan fingerprint density at radius 3 is 2.38 bits per heavy atom. The number of pyridine rings is 2. The first-order valence-electron chi connectivity index (χ1n) is 12.1. The van der Waals surface area contributed by atoms with E-state index in [1.165, 1.54) is 10.8 Å². The summed E-state index contributed by atoms with van der Waals surface area (Å²) < 4.78 is 31.5. The van der Waals surface area contributed by atoms with Crippen LogP contribution in [0.3, 0.4) is 0 Å². The van der Waals surface area contributed by atoms with Crippen LogP contribution < -0.4 is 5.56 Å². The van der Waals surface area contributed by atoms with Gasteiger partial charge in [-0.15, -0.1) is 0 Å². The number of aryl methyl sites for hydroxylation is 2. The molecule has 0 spiro atoms. The SMILES string of the molecule is Cc1ccc(S(=O)(=O)n2ccc3c(-c4cnc5ccn(Cc6c(Cl)cccc6Cl)c5c4)cn(C)c(=O)c32)cc1. The van der Waals surface area contributed by atoms with Crippen molar-refractivity contribution in [3.63, 3.8) is 0 Å². The quantitative estimate of drug-likeness (QED) is 0.243. The largest absolute Gasteiger partial charge is 0.342 e. The average molecular weight is 577 g/mol. The van der Waals surface area contributed by atoms with Gasteiger partial charge in [0.05, 0.1) is 22.5 Å². The second-order valence-corrected chi connectivity index (χ2v) is 12.1. The molecule has 0 bridgehead atoms. The zero-order valence-electron chi connectivity index (χ0n) is 21.0. The number of hydrogen-bond acceptors (Lipinski definition) is 4. The molecule has 6 aromatic rings. The molecule has 0 N–H and O–H groups in total.